The molecule has 3 aromatic carbocycles. The Balaban J connectivity index is 2.25. The molecule has 0 fully saturated rings. The summed E-state index contributed by atoms with van der Waals surface area (Å²) in [6.07, 6.45) is 0. The molecule has 0 heterocycles. The molecule has 3 aromatic rings. The first-order valence-corrected chi connectivity index (χ1v) is 6.35. The molecule has 0 N–H and O–H groups in total. The molecule has 0 radical (unpaired) electrons. The predicted molar refractivity (Wildman–Crippen MR) is 77.2 cm³/mol. The Bertz CT molecular complexity index is 733. The van der Waals surface area contributed by atoms with Gasteiger partial charge in [0.15, 0.2) is 0 Å². The van der Waals surface area contributed by atoms with E-state index in [0.717, 1.165) is 5.56 Å². The number of hydrogen-bond donors (Lipinski definition) is 0. The molecular weight excluding hydrogens is 254 g/mol. The fourth-order valence-corrected chi connectivity index (χ4v) is 2.32. The molecule has 0 aliphatic rings. The Kier molecular flexibility index (Phi) is 3.30. The summed E-state index contributed by atoms with van der Waals surface area (Å²) in [6, 6.07) is 20.4. The largest absolute Gasteiger partial charge is 0.207 e. The summed E-state index contributed by atoms with van der Waals surface area (Å²) in [5, 5.41) is 0. The Morgan fingerprint density at radius 2 is 1.30 bits per heavy atom. The van der Waals surface area contributed by atoms with Crippen LogP contribution < -0.4 is 0 Å². The van der Waals surface area contributed by atoms with E-state index in [4.69, 9.17) is 0 Å². The molecule has 0 aliphatic carbocycles. The predicted octanol–water partition coefficient (Wildman–Crippen LogP) is 5.30. The fourth-order valence-electron chi connectivity index (χ4n) is 2.32. The van der Waals surface area contributed by atoms with Crippen LogP contribution in [0.4, 0.5) is 8.78 Å². The summed E-state index contributed by atoms with van der Waals surface area (Å²) in [4.78, 5) is 0. The Morgan fingerprint density at radius 1 is 0.600 bits per heavy atom. The molecule has 3 rings (SSSR count). The smallest absolute Gasteiger partial charge is 0.131 e. The highest BCUT2D eigenvalue weighted by Crippen LogP contribution is 2.34. The van der Waals surface area contributed by atoms with E-state index in [1.165, 1.54) is 18.2 Å². The zero-order chi connectivity index (χ0) is 13.9. The summed E-state index contributed by atoms with van der Waals surface area (Å²) >= 11 is 0. The van der Waals surface area contributed by atoms with Gasteiger partial charge < -0.3 is 0 Å². The monoisotopic (exact) mass is 266 g/mol. The molecule has 0 saturated carbocycles. The lowest BCUT2D eigenvalue weighted by Gasteiger charge is -2.11. The lowest BCUT2D eigenvalue weighted by atomic mass is 9.94. The van der Waals surface area contributed by atoms with Gasteiger partial charge in [0.05, 0.1) is 0 Å². The molecule has 0 aliphatic heterocycles. The van der Waals surface area contributed by atoms with E-state index in [1.54, 1.807) is 24.3 Å². The Morgan fingerprint density at radius 3 is 2.05 bits per heavy atom. The summed E-state index contributed by atoms with van der Waals surface area (Å²) in [7, 11) is 0. The van der Waals surface area contributed by atoms with Crippen LogP contribution in [0.15, 0.2) is 72.8 Å². The van der Waals surface area contributed by atoms with Gasteiger partial charge in [0, 0.05) is 5.56 Å². The minimum Gasteiger partial charge on any atom is -0.207 e. The third-order valence-corrected chi connectivity index (χ3v) is 3.21. The van der Waals surface area contributed by atoms with Gasteiger partial charge in [0.2, 0.25) is 0 Å². The van der Waals surface area contributed by atoms with Crippen molar-refractivity contribution in [1.82, 2.24) is 0 Å². The molecular formula is C18H12F2. The number of benzene rings is 3. The molecule has 0 bridgehead atoms. The van der Waals surface area contributed by atoms with E-state index < -0.39 is 0 Å². The van der Waals surface area contributed by atoms with E-state index in [0.29, 0.717) is 16.7 Å². The maximum atomic E-state index is 14.2. The van der Waals surface area contributed by atoms with Crippen LogP contribution in [0, 0.1) is 11.6 Å². The van der Waals surface area contributed by atoms with Crippen LogP contribution in [-0.2, 0) is 0 Å². The van der Waals surface area contributed by atoms with Gasteiger partial charge >= 0.3 is 0 Å². The fraction of sp³-hybridized carbons (Fsp3) is 0. The van der Waals surface area contributed by atoms with E-state index in [2.05, 4.69) is 0 Å². The summed E-state index contributed by atoms with van der Waals surface area (Å²) in [6.45, 7) is 0. The van der Waals surface area contributed by atoms with Gasteiger partial charge in [-0.15, -0.1) is 0 Å². The average molecular weight is 266 g/mol. The average Bonchev–Trinajstić information content (AvgIpc) is 2.48. The van der Waals surface area contributed by atoms with Gasteiger partial charge in [-0.25, -0.2) is 8.78 Å². The quantitative estimate of drug-likeness (QED) is 0.590. The molecule has 20 heavy (non-hydrogen) atoms. The zero-order valence-electron chi connectivity index (χ0n) is 10.7. The van der Waals surface area contributed by atoms with Crippen molar-refractivity contribution in [2.75, 3.05) is 0 Å². The number of hydrogen-bond acceptors (Lipinski definition) is 0. The molecule has 0 aromatic heterocycles. The standard InChI is InChI=1S/C18H12F2/c19-15-9-4-8-14(12-15)16-10-5-11-17(20)18(16)13-6-2-1-3-7-13/h1-12H. The van der Waals surface area contributed by atoms with Crippen molar-refractivity contribution in [3.63, 3.8) is 0 Å². The topological polar surface area (TPSA) is 0 Å². The van der Waals surface area contributed by atoms with Crippen LogP contribution >= 0.6 is 0 Å². The minimum absolute atomic E-state index is 0.307. The highest BCUT2D eigenvalue weighted by molar-refractivity contribution is 5.83. The van der Waals surface area contributed by atoms with E-state index >= 15 is 0 Å². The first-order chi connectivity index (χ1) is 9.75. The van der Waals surface area contributed by atoms with E-state index in [9.17, 15) is 8.78 Å². The first-order valence-electron chi connectivity index (χ1n) is 6.35. The maximum absolute atomic E-state index is 14.2. The molecule has 0 saturated heterocycles. The van der Waals surface area contributed by atoms with E-state index in [-0.39, 0.29) is 11.6 Å². The van der Waals surface area contributed by atoms with Crippen molar-refractivity contribution < 1.29 is 8.78 Å². The number of halogens is 2. The molecule has 98 valence electrons. The van der Waals surface area contributed by atoms with Gasteiger partial charge in [-0.3, -0.25) is 0 Å². The molecule has 0 amide bonds. The van der Waals surface area contributed by atoms with Gasteiger partial charge in [-0.05, 0) is 34.9 Å². The second-order valence-corrected chi connectivity index (χ2v) is 4.54. The zero-order valence-corrected chi connectivity index (χ0v) is 10.7. The van der Waals surface area contributed by atoms with Crippen LogP contribution in [0.25, 0.3) is 22.3 Å². The highest BCUT2D eigenvalue weighted by atomic mass is 19.1. The van der Waals surface area contributed by atoms with Crippen LogP contribution in [0.1, 0.15) is 0 Å². The number of rotatable bonds is 2. The normalized spacial score (nSPS) is 10.5. The second-order valence-electron chi connectivity index (χ2n) is 4.54. The van der Waals surface area contributed by atoms with Crippen molar-refractivity contribution in [3.8, 4) is 22.3 Å². The van der Waals surface area contributed by atoms with E-state index in [1.807, 2.05) is 30.3 Å². The van der Waals surface area contributed by atoms with Gasteiger partial charge in [0.25, 0.3) is 0 Å². The molecule has 0 atom stereocenters. The lowest BCUT2D eigenvalue weighted by Crippen LogP contribution is -1.90. The van der Waals surface area contributed by atoms with Gasteiger partial charge in [-0.2, -0.15) is 0 Å². The summed E-state index contributed by atoms with van der Waals surface area (Å²) in [5.41, 5.74) is 2.64. The van der Waals surface area contributed by atoms with Gasteiger partial charge in [-0.1, -0.05) is 54.6 Å². The van der Waals surface area contributed by atoms with Crippen molar-refractivity contribution in [2.24, 2.45) is 0 Å². The maximum Gasteiger partial charge on any atom is 0.131 e. The summed E-state index contributed by atoms with van der Waals surface area (Å²) < 4.78 is 27.6. The van der Waals surface area contributed by atoms with Gasteiger partial charge in [0.1, 0.15) is 11.6 Å². The van der Waals surface area contributed by atoms with Crippen molar-refractivity contribution >= 4 is 0 Å². The van der Waals surface area contributed by atoms with Crippen molar-refractivity contribution in [1.29, 1.82) is 0 Å². The minimum atomic E-state index is -0.328. The molecule has 0 spiro atoms. The van der Waals surface area contributed by atoms with Crippen LogP contribution in [0.2, 0.25) is 0 Å². The third kappa shape index (κ3) is 2.32. The Hall–Kier alpha value is -2.48. The molecule has 2 heteroatoms. The van der Waals surface area contributed by atoms with Crippen molar-refractivity contribution in [2.45, 2.75) is 0 Å². The SMILES string of the molecule is Fc1cccc(-c2cccc(F)c2-c2ccccc2)c1. The van der Waals surface area contributed by atoms with Crippen LogP contribution in [-0.4, -0.2) is 0 Å². The highest BCUT2D eigenvalue weighted by Gasteiger charge is 2.12. The first kappa shape index (κ1) is 12.5. The van der Waals surface area contributed by atoms with Crippen molar-refractivity contribution in [3.05, 3.63) is 84.4 Å². The Labute approximate surface area is 116 Å². The van der Waals surface area contributed by atoms with Crippen LogP contribution in [0.3, 0.4) is 0 Å². The lowest BCUT2D eigenvalue weighted by molar-refractivity contribution is 0.627. The molecule has 0 unspecified atom stereocenters. The third-order valence-electron chi connectivity index (χ3n) is 3.21. The molecule has 0 nitrogen and oxygen atoms in total. The van der Waals surface area contributed by atoms with Crippen LogP contribution in [0.5, 0.6) is 0 Å². The second kappa shape index (κ2) is 5.25. The summed E-state index contributed by atoms with van der Waals surface area (Å²) in [5.74, 6) is -0.635.